The van der Waals surface area contributed by atoms with Gasteiger partial charge < -0.3 is 14.2 Å². The number of ether oxygens (including phenoxy) is 3. The Morgan fingerprint density at radius 1 is 0.253 bits per heavy atom. The van der Waals surface area contributed by atoms with Crippen molar-refractivity contribution in [2.75, 3.05) is 13.2 Å². The molecule has 0 amide bonds. The fourth-order valence-corrected chi connectivity index (χ4v) is 9.43. The van der Waals surface area contributed by atoms with Crippen molar-refractivity contribution in [3.63, 3.8) is 0 Å². The average Bonchev–Trinajstić information content (AvgIpc) is 3.49. The molecule has 0 fully saturated rings. The molecule has 0 heterocycles. The molecule has 6 nitrogen and oxygen atoms in total. The molecule has 0 bridgehead atoms. The fraction of sp³-hybridized carbons (Fsp3) is 0.675. The maximum atomic E-state index is 13.0. The van der Waals surface area contributed by atoms with Gasteiger partial charge in [-0.05, 0) is 135 Å². The van der Waals surface area contributed by atoms with Gasteiger partial charge in [-0.2, -0.15) is 0 Å². The van der Waals surface area contributed by atoms with Gasteiger partial charge in [-0.3, -0.25) is 14.4 Å². The van der Waals surface area contributed by atoms with Gasteiger partial charge >= 0.3 is 17.9 Å². The predicted molar refractivity (Wildman–Crippen MR) is 362 cm³/mol. The zero-order valence-electron chi connectivity index (χ0n) is 54.2. The normalized spacial score (nSPS) is 13.0. The van der Waals surface area contributed by atoms with Crippen LogP contribution in [0.4, 0.5) is 0 Å². The van der Waals surface area contributed by atoms with E-state index in [4.69, 9.17) is 14.2 Å². The lowest BCUT2D eigenvalue weighted by atomic mass is 10.1. The lowest BCUT2D eigenvalue weighted by molar-refractivity contribution is -0.167. The van der Waals surface area contributed by atoms with Crippen LogP contribution >= 0.6 is 0 Å². The molecule has 0 rings (SSSR count). The highest BCUT2D eigenvalue weighted by atomic mass is 16.6. The lowest BCUT2D eigenvalue weighted by Crippen LogP contribution is -2.30. The van der Waals surface area contributed by atoms with Gasteiger partial charge in [0.05, 0.1) is 0 Å². The minimum atomic E-state index is -0.817. The van der Waals surface area contributed by atoms with E-state index in [1.807, 2.05) is 0 Å². The van der Waals surface area contributed by atoms with Crippen LogP contribution < -0.4 is 0 Å². The van der Waals surface area contributed by atoms with Crippen molar-refractivity contribution in [2.45, 2.75) is 322 Å². The van der Waals surface area contributed by atoms with Gasteiger partial charge in [0, 0.05) is 19.3 Å². The molecule has 0 aliphatic heterocycles. The largest absolute Gasteiger partial charge is 0.462 e. The predicted octanol–water partition coefficient (Wildman–Crippen LogP) is 24.1. The summed E-state index contributed by atoms with van der Waals surface area (Å²) in [5.41, 5.74) is 0. The second kappa shape index (κ2) is 70.0. The number of hydrogen-bond donors (Lipinski definition) is 0. The fourth-order valence-electron chi connectivity index (χ4n) is 9.43. The first kappa shape index (κ1) is 78.5. The van der Waals surface area contributed by atoms with E-state index in [9.17, 15) is 14.4 Å². The van der Waals surface area contributed by atoms with Crippen molar-refractivity contribution in [3.8, 4) is 0 Å². The van der Waals surface area contributed by atoms with E-state index in [0.717, 1.165) is 116 Å². The molecule has 0 saturated heterocycles. The Bertz CT molecular complexity index is 1750. The summed E-state index contributed by atoms with van der Waals surface area (Å²) >= 11 is 0. The van der Waals surface area contributed by atoms with Gasteiger partial charge in [0.1, 0.15) is 13.2 Å². The summed E-state index contributed by atoms with van der Waals surface area (Å²) in [6.07, 6.45) is 98.9. The highest BCUT2D eigenvalue weighted by Crippen LogP contribution is 2.15. The maximum Gasteiger partial charge on any atom is 0.306 e. The van der Waals surface area contributed by atoms with E-state index in [-0.39, 0.29) is 37.5 Å². The third-order valence-corrected chi connectivity index (χ3v) is 14.6. The van der Waals surface area contributed by atoms with Crippen LogP contribution in [0.25, 0.3) is 0 Å². The van der Waals surface area contributed by atoms with Gasteiger partial charge in [-0.1, -0.05) is 296 Å². The van der Waals surface area contributed by atoms with Crippen LogP contribution in [-0.4, -0.2) is 37.2 Å². The van der Waals surface area contributed by atoms with Crippen molar-refractivity contribution in [3.05, 3.63) is 134 Å². The summed E-state index contributed by atoms with van der Waals surface area (Å²) in [4.78, 5) is 38.5. The summed E-state index contributed by atoms with van der Waals surface area (Å²) in [6.45, 7) is 6.48. The second-order valence-electron chi connectivity index (χ2n) is 22.7. The van der Waals surface area contributed by atoms with Crippen molar-refractivity contribution >= 4 is 17.9 Å². The molecule has 83 heavy (non-hydrogen) atoms. The number of rotatable bonds is 62. The standard InChI is InChI=1S/C77H128O6/c1-4-7-10-13-16-19-22-25-28-31-34-37-38-41-43-46-49-52-55-58-61-64-67-70-76(79)82-73-74(83-77(80)71-68-65-62-59-56-53-50-47-44-40-36-33-30-27-24-21-18-15-12-9-6-3)72-81-75(78)69-66-63-60-57-54-51-48-45-42-39-35-32-29-26-23-20-17-14-11-8-5-2/h7,10,16,19,24-25,27-28,32-37,41,43-44,47,49,52,58,61,74H,4-6,8-9,11-15,17-18,20-23,26,29-31,38-40,42,45-46,48,50-51,53-57,59-60,62-73H2,1-3H3/b10-7-,19-16-,27-24-,28-25-,35-32-,36-33-,37-34-,43-41-,47-44-,52-49-,61-58-. The van der Waals surface area contributed by atoms with Crippen LogP contribution in [0.1, 0.15) is 316 Å². The van der Waals surface area contributed by atoms with E-state index >= 15 is 0 Å². The number of hydrogen-bond acceptors (Lipinski definition) is 6. The Kier molecular flexibility index (Phi) is 66.3. The molecule has 0 aliphatic carbocycles. The Labute approximate surface area is 513 Å². The number of unbranched alkanes of at least 4 members (excludes halogenated alkanes) is 29. The third kappa shape index (κ3) is 68.2. The monoisotopic (exact) mass is 1150 g/mol. The summed E-state index contributed by atoms with van der Waals surface area (Å²) in [6, 6.07) is 0. The molecule has 0 saturated carbocycles. The number of allylic oxidation sites excluding steroid dienone is 22. The molecule has 0 radical (unpaired) electrons. The first-order chi connectivity index (χ1) is 41.0. The smallest absolute Gasteiger partial charge is 0.306 e. The minimum Gasteiger partial charge on any atom is -0.462 e. The van der Waals surface area contributed by atoms with Crippen molar-refractivity contribution in [2.24, 2.45) is 0 Å². The van der Waals surface area contributed by atoms with E-state index in [1.165, 1.54) is 154 Å². The first-order valence-electron chi connectivity index (χ1n) is 34.7. The Balaban J connectivity index is 4.52. The SMILES string of the molecule is CC/C=C\C/C=C\C/C=C\C/C=C\C/C=C\C/C=C\C/C=C\CCCC(=O)OCC(COC(=O)CCCCCCCCCCC/C=C\CCCCCCCCCC)OC(=O)CCCCCCCC/C=C\C/C=C\C/C=C\CCCCCCC. The Morgan fingerprint density at radius 2 is 0.482 bits per heavy atom. The molecule has 0 aromatic rings. The summed E-state index contributed by atoms with van der Waals surface area (Å²) in [7, 11) is 0. The van der Waals surface area contributed by atoms with Gasteiger partial charge in [-0.25, -0.2) is 0 Å². The molecule has 6 heteroatoms. The molecule has 0 aromatic carbocycles. The topological polar surface area (TPSA) is 78.9 Å². The van der Waals surface area contributed by atoms with Crippen molar-refractivity contribution in [1.29, 1.82) is 0 Å². The zero-order valence-corrected chi connectivity index (χ0v) is 54.2. The summed E-state index contributed by atoms with van der Waals surface area (Å²) in [5, 5.41) is 0. The van der Waals surface area contributed by atoms with E-state index in [0.29, 0.717) is 19.3 Å². The Hall–Kier alpha value is -4.45. The Morgan fingerprint density at radius 3 is 0.795 bits per heavy atom. The minimum absolute atomic E-state index is 0.106. The van der Waals surface area contributed by atoms with Gasteiger partial charge in [0.25, 0.3) is 0 Å². The second-order valence-corrected chi connectivity index (χ2v) is 22.7. The van der Waals surface area contributed by atoms with Crippen LogP contribution in [0.2, 0.25) is 0 Å². The number of carbonyl (C=O) groups is 3. The number of esters is 3. The van der Waals surface area contributed by atoms with Crippen LogP contribution in [0.3, 0.4) is 0 Å². The van der Waals surface area contributed by atoms with Crippen LogP contribution in [0, 0.1) is 0 Å². The molecule has 472 valence electrons. The molecule has 1 unspecified atom stereocenters. The average molecular weight is 1150 g/mol. The number of carbonyl (C=O) groups excluding carboxylic acids is 3. The van der Waals surface area contributed by atoms with E-state index in [2.05, 4.69) is 154 Å². The quantitative estimate of drug-likeness (QED) is 0.0261. The molecule has 0 spiro atoms. The molecule has 1 atom stereocenters. The maximum absolute atomic E-state index is 13.0. The zero-order chi connectivity index (χ0) is 59.9. The molecule has 0 aliphatic rings. The van der Waals surface area contributed by atoms with Crippen molar-refractivity contribution < 1.29 is 28.6 Å². The van der Waals surface area contributed by atoms with E-state index < -0.39 is 6.10 Å². The van der Waals surface area contributed by atoms with Crippen LogP contribution in [-0.2, 0) is 28.6 Å². The molecule has 0 N–H and O–H groups in total. The third-order valence-electron chi connectivity index (χ3n) is 14.6. The molecular weight excluding hydrogens is 1020 g/mol. The lowest BCUT2D eigenvalue weighted by Gasteiger charge is -2.18. The van der Waals surface area contributed by atoms with Crippen LogP contribution in [0.15, 0.2) is 134 Å². The summed E-state index contributed by atoms with van der Waals surface area (Å²) in [5.74, 6) is -0.975. The van der Waals surface area contributed by atoms with Gasteiger partial charge in [0.2, 0.25) is 0 Å². The molecule has 0 aromatic heterocycles. The van der Waals surface area contributed by atoms with E-state index in [1.54, 1.807) is 0 Å². The van der Waals surface area contributed by atoms with Gasteiger partial charge in [0.15, 0.2) is 6.10 Å². The highest BCUT2D eigenvalue weighted by molar-refractivity contribution is 5.71. The summed E-state index contributed by atoms with van der Waals surface area (Å²) < 4.78 is 16.9. The van der Waals surface area contributed by atoms with Crippen molar-refractivity contribution in [1.82, 2.24) is 0 Å². The molecular formula is C77H128O6. The van der Waals surface area contributed by atoms with Gasteiger partial charge in [-0.15, -0.1) is 0 Å². The highest BCUT2D eigenvalue weighted by Gasteiger charge is 2.19. The van der Waals surface area contributed by atoms with Crippen LogP contribution in [0.5, 0.6) is 0 Å². The first-order valence-corrected chi connectivity index (χ1v) is 34.7.